The average molecular weight is 1300 g/mol. The number of nitrogens with zero attached hydrogens (tertiary/aromatic N) is 12. The van der Waals surface area contributed by atoms with Crippen LogP contribution in [0.2, 0.25) is 0 Å². The zero-order chi connectivity index (χ0) is 66.9. The van der Waals surface area contributed by atoms with Crippen LogP contribution in [0, 0.1) is 24.7 Å². The highest BCUT2D eigenvalue weighted by Crippen LogP contribution is 2.43. The highest BCUT2D eigenvalue weighted by Gasteiger charge is 2.33. The number of carbonyl (C=O) groups excluding carboxylic acids is 4. The SMILES string of the molecule is COc1c(Nc2cc(NC(=O)C3CC3)nc3[nH]c(=O)oc23)cccc1-c1ncn(C)n1.COc1c(Nc2cc(NC(=O)C3CC3)nc3[nH]cc(C)c(=O)c23)cccc1-c1ncn(C)n1.COc1c(Nc2cc(NC(=O)C3CC3)nc3c2OC(=O)NC3)cccc1-c1ncn(C)n1. The number of fused-ring (bicyclic) bond motifs is 3. The molecule has 0 spiro atoms. The van der Waals surface area contributed by atoms with Crippen LogP contribution >= 0.6 is 0 Å². The van der Waals surface area contributed by atoms with E-state index in [0.29, 0.717) is 131 Å². The lowest BCUT2D eigenvalue weighted by atomic mass is 10.1. The van der Waals surface area contributed by atoms with Crippen molar-refractivity contribution >= 4 is 97.7 Å². The number of ether oxygens (including phenoxy) is 4. The van der Waals surface area contributed by atoms with Gasteiger partial charge in [0.15, 0.2) is 57.1 Å². The Balaban J connectivity index is 0.000000130. The van der Waals surface area contributed by atoms with Gasteiger partial charge in [0.2, 0.25) is 17.7 Å². The fourth-order valence-corrected chi connectivity index (χ4v) is 10.5. The molecule has 4 aliphatic rings. The fourth-order valence-electron chi connectivity index (χ4n) is 10.5. The number of oxazole rings is 1. The van der Waals surface area contributed by atoms with E-state index in [0.717, 1.165) is 38.5 Å². The second-order valence-electron chi connectivity index (χ2n) is 23.0. The van der Waals surface area contributed by atoms with Gasteiger partial charge in [-0.15, -0.1) is 0 Å². The molecule has 8 aromatic heterocycles. The minimum Gasteiger partial charge on any atom is -0.494 e. The molecule has 9 heterocycles. The summed E-state index contributed by atoms with van der Waals surface area (Å²) in [5, 5.41) is 34.3. The number of methoxy groups -OCH3 is 3. The van der Waals surface area contributed by atoms with Gasteiger partial charge >= 0.3 is 11.8 Å². The third kappa shape index (κ3) is 13.5. The Hall–Kier alpha value is -12.5. The summed E-state index contributed by atoms with van der Waals surface area (Å²) >= 11 is 0. The van der Waals surface area contributed by atoms with Crippen LogP contribution in [0.3, 0.4) is 0 Å². The number of carbonyl (C=O) groups is 4. The second-order valence-corrected chi connectivity index (χ2v) is 23.0. The Kier molecular flexibility index (Phi) is 17.0. The van der Waals surface area contributed by atoms with Crippen molar-refractivity contribution < 1.29 is 42.5 Å². The Morgan fingerprint density at radius 1 is 0.552 bits per heavy atom. The Morgan fingerprint density at radius 3 is 1.43 bits per heavy atom. The first-order valence-corrected chi connectivity index (χ1v) is 30.4. The average Bonchev–Trinajstić information content (AvgIpc) is 1.82. The maximum atomic E-state index is 13.0. The fraction of sp³-hybridized carbons (Fsp3) is 0.266. The molecule has 3 fully saturated rings. The summed E-state index contributed by atoms with van der Waals surface area (Å²) in [5.74, 6) is 3.65. The number of para-hydroxylation sites is 3. The predicted molar refractivity (Wildman–Crippen MR) is 352 cm³/mol. The normalized spacial score (nSPS) is 13.8. The molecule has 32 heteroatoms. The lowest BCUT2D eigenvalue weighted by molar-refractivity contribution is -0.118. The number of benzene rings is 3. The number of pyridine rings is 4. The van der Waals surface area contributed by atoms with Gasteiger partial charge in [-0.05, 0) is 81.8 Å². The first kappa shape index (κ1) is 62.3. The quantitative estimate of drug-likeness (QED) is 0.0391. The van der Waals surface area contributed by atoms with Crippen molar-refractivity contribution in [1.82, 2.24) is 74.5 Å². The third-order valence-electron chi connectivity index (χ3n) is 15.6. The van der Waals surface area contributed by atoms with E-state index in [1.54, 1.807) is 107 Å². The number of aromatic nitrogens is 14. The lowest BCUT2D eigenvalue weighted by Crippen LogP contribution is -2.32. The van der Waals surface area contributed by atoms with Gasteiger partial charge in [0.1, 0.15) is 47.8 Å². The molecule has 3 saturated carbocycles. The smallest absolute Gasteiger partial charge is 0.418 e. The molecule has 490 valence electrons. The predicted octanol–water partition coefficient (Wildman–Crippen LogP) is 8.12. The Bertz CT molecular complexity index is 4980. The minimum atomic E-state index is -0.644. The van der Waals surface area contributed by atoms with Crippen LogP contribution in [0.15, 0.2) is 112 Å². The van der Waals surface area contributed by atoms with E-state index in [4.69, 9.17) is 23.4 Å². The Labute approximate surface area is 544 Å². The topological polar surface area (TPSA) is 399 Å². The number of hydrogen-bond acceptors (Lipinski definition) is 23. The highest BCUT2D eigenvalue weighted by molar-refractivity contribution is 6.00. The van der Waals surface area contributed by atoms with Crippen LogP contribution in [0.5, 0.6) is 23.0 Å². The molecule has 1 aliphatic heterocycles. The number of aromatic amines is 2. The van der Waals surface area contributed by atoms with Gasteiger partial charge in [0.05, 0.1) is 84.1 Å². The maximum absolute atomic E-state index is 13.0. The molecule has 32 nitrogen and oxygen atoms in total. The van der Waals surface area contributed by atoms with Gasteiger partial charge in [-0.25, -0.2) is 39.5 Å². The molecule has 9 N–H and O–H groups in total. The summed E-state index contributed by atoms with van der Waals surface area (Å²) in [6.45, 7) is 1.92. The van der Waals surface area contributed by atoms with Crippen molar-refractivity contribution in [1.29, 1.82) is 0 Å². The number of hydrogen-bond donors (Lipinski definition) is 9. The third-order valence-corrected chi connectivity index (χ3v) is 15.6. The largest absolute Gasteiger partial charge is 0.494 e. The van der Waals surface area contributed by atoms with E-state index in [1.807, 2.05) is 54.6 Å². The summed E-state index contributed by atoms with van der Waals surface area (Å²) in [6, 6.07) is 21.5. The highest BCUT2D eigenvalue weighted by atomic mass is 16.6. The summed E-state index contributed by atoms with van der Waals surface area (Å²) < 4.78 is 32.4. The van der Waals surface area contributed by atoms with Crippen LogP contribution in [0.4, 0.5) is 56.4 Å². The van der Waals surface area contributed by atoms with Crippen molar-refractivity contribution in [2.45, 2.75) is 52.0 Å². The standard InChI is InChI=1S/C23H23N7O3.C21H21N7O4.C20H19N7O4/c1-12-10-24-22-18(19(12)31)16(9-17(27-22)28-23(32)13-7-8-13)26-15-6-4-5-14(20(15)33-3)21-25-11-30(2)29-21;1-28-10-23-19(27-28)12-4-3-5-13(17(12)31-2)24-14-8-16(26-20(29)11-6-7-11)25-15-9-22-21(30)32-18(14)15;1-27-9-21-17(26-27)11-4-3-5-12(15(11)30-2)22-13-8-14(24-19(28)10-6-7-10)23-18-16(13)31-20(29)25-18/h4-6,9-11,13H,7-8H2,1-3H3,(H3,24,26,27,28,31,32);3-5,8,10-11H,6-7,9H2,1-2H3,(H,22,30)(H2,24,25,26,29);3-5,8-10H,6-7H2,1-2H3,(H3,22,23,24,25,28,29). The molecular formula is C64H63N21O11. The van der Waals surface area contributed by atoms with E-state index < -0.39 is 11.8 Å². The van der Waals surface area contributed by atoms with E-state index in [-0.39, 0.29) is 58.7 Å². The van der Waals surface area contributed by atoms with Crippen molar-refractivity contribution in [2.75, 3.05) is 53.2 Å². The van der Waals surface area contributed by atoms with E-state index in [1.165, 1.54) is 0 Å². The molecular weight excluding hydrogens is 1240 g/mol. The first-order chi connectivity index (χ1) is 46.5. The molecule has 0 radical (unpaired) electrons. The second kappa shape index (κ2) is 26.2. The maximum Gasteiger partial charge on any atom is 0.418 e. The van der Waals surface area contributed by atoms with Gasteiger partial charge in [-0.3, -0.25) is 38.2 Å². The van der Waals surface area contributed by atoms with E-state index in [9.17, 15) is 28.8 Å². The first-order valence-electron chi connectivity index (χ1n) is 30.4. The van der Waals surface area contributed by atoms with Crippen LogP contribution in [-0.2, 0) is 42.1 Å². The van der Waals surface area contributed by atoms with Gasteiger partial charge in [-0.2, -0.15) is 15.3 Å². The Morgan fingerprint density at radius 2 is 0.979 bits per heavy atom. The summed E-state index contributed by atoms with van der Waals surface area (Å²) in [5.41, 5.74) is 7.08. The summed E-state index contributed by atoms with van der Waals surface area (Å²) in [7, 11) is 10.0. The van der Waals surface area contributed by atoms with Crippen molar-refractivity contribution in [2.24, 2.45) is 38.9 Å². The van der Waals surface area contributed by atoms with Crippen LogP contribution in [0.25, 0.3) is 56.4 Å². The molecule has 3 aliphatic carbocycles. The van der Waals surface area contributed by atoms with E-state index in [2.05, 4.69) is 92.4 Å². The number of anilines is 9. The summed E-state index contributed by atoms with van der Waals surface area (Å²) in [6.07, 6.45) is 11.1. The summed E-state index contributed by atoms with van der Waals surface area (Å²) in [4.78, 5) is 105. The number of H-pyrrole nitrogens is 2. The molecule has 0 bridgehead atoms. The van der Waals surface area contributed by atoms with Gasteiger partial charge in [0, 0.05) is 68.9 Å². The van der Waals surface area contributed by atoms with Crippen molar-refractivity contribution in [3.8, 4) is 57.2 Å². The van der Waals surface area contributed by atoms with Gasteiger partial charge in [-0.1, -0.05) is 18.2 Å². The van der Waals surface area contributed by atoms with Gasteiger partial charge in [0.25, 0.3) is 0 Å². The molecule has 4 amide bonds. The molecule has 11 aromatic rings. The number of amides is 4. The van der Waals surface area contributed by atoms with Crippen molar-refractivity contribution in [3.63, 3.8) is 0 Å². The van der Waals surface area contributed by atoms with Crippen molar-refractivity contribution in [3.05, 3.63) is 130 Å². The number of rotatable bonds is 18. The monoisotopic (exact) mass is 1300 g/mol. The van der Waals surface area contributed by atoms with Crippen LogP contribution in [-0.4, -0.2) is 114 Å². The lowest BCUT2D eigenvalue weighted by Gasteiger charge is -2.22. The van der Waals surface area contributed by atoms with Crippen LogP contribution < -0.4 is 67.3 Å². The molecule has 96 heavy (non-hydrogen) atoms. The molecule has 3 aromatic carbocycles. The molecule has 0 saturated heterocycles. The van der Waals surface area contributed by atoms with Crippen LogP contribution in [0.1, 0.15) is 49.8 Å². The molecule has 15 rings (SSSR count). The molecule has 0 unspecified atom stereocenters. The number of aryl methyl sites for hydroxylation is 4. The van der Waals surface area contributed by atoms with E-state index >= 15 is 0 Å². The number of nitrogens with one attached hydrogen (secondary N) is 9. The zero-order valence-electron chi connectivity index (χ0n) is 52.8. The van der Waals surface area contributed by atoms with Gasteiger partial charge < -0.3 is 65.6 Å². The zero-order valence-corrected chi connectivity index (χ0v) is 52.8. The molecule has 0 atom stereocenters. The minimum absolute atomic E-state index is 0.0138.